The van der Waals surface area contributed by atoms with Gasteiger partial charge in [0.05, 0.1) is 32.0 Å². The van der Waals surface area contributed by atoms with E-state index in [1.165, 1.54) is 44.9 Å². The summed E-state index contributed by atoms with van der Waals surface area (Å²) in [6.07, 6.45) is 21.2. The van der Waals surface area contributed by atoms with Gasteiger partial charge in [-0.25, -0.2) is 9.13 Å². The molecule has 61 heavy (non-hydrogen) atoms. The average Bonchev–Trinajstić information content (AvgIpc) is 3.46. The number of unbranched alkanes of at least 4 members (excludes halogenated alkanes) is 13. The van der Waals surface area contributed by atoms with Gasteiger partial charge >= 0.3 is 27.6 Å². The van der Waals surface area contributed by atoms with Gasteiger partial charge in [-0.05, 0) is 38.0 Å². The van der Waals surface area contributed by atoms with E-state index in [2.05, 4.69) is 29.8 Å². The highest BCUT2D eigenvalue weighted by Gasteiger charge is 2.39. The molecule has 1 aliphatic carbocycles. The summed E-state index contributed by atoms with van der Waals surface area (Å²) in [6, 6.07) is 0. The largest absolute Gasteiger partial charge is 0.472 e. The highest BCUT2D eigenvalue weighted by atomic mass is 31.2. The fourth-order valence-electron chi connectivity index (χ4n) is 6.87. The van der Waals surface area contributed by atoms with Gasteiger partial charge in [0.1, 0.15) is 18.5 Å². The smallest absolute Gasteiger partial charge is 0.462 e. The number of carbonyl (C=O) groups excluding carboxylic acids is 3. The number of phosphoric ester groups is 2. The summed E-state index contributed by atoms with van der Waals surface area (Å²) in [5, 5.41) is 30.5. The molecule has 6 N–H and O–H groups in total. The molecule has 1 rings (SSSR count). The predicted molar refractivity (Wildman–Crippen MR) is 231 cm³/mol. The quantitative estimate of drug-likeness (QED) is 0.0149. The molecular weight excluding hydrogens is 834 g/mol. The molecule has 0 bridgehead atoms. The van der Waals surface area contributed by atoms with Crippen molar-refractivity contribution < 1.29 is 76.6 Å². The van der Waals surface area contributed by atoms with Crippen molar-refractivity contribution in [1.82, 2.24) is 0 Å². The third-order valence-electron chi connectivity index (χ3n) is 10.4. The monoisotopic (exact) mass is 912 g/mol. The van der Waals surface area contributed by atoms with Crippen LogP contribution in [0.25, 0.3) is 0 Å². The Kier molecular flexibility index (Phi) is 31.6. The molecule has 1 fully saturated rings. The molecule has 0 aromatic carbocycles. The molecule has 1 aliphatic rings. The van der Waals surface area contributed by atoms with Crippen LogP contribution in [0.4, 0.5) is 0 Å². The van der Waals surface area contributed by atoms with Crippen LogP contribution in [0.5, 0.6) is 0 Å². The average molecular weight is 913 g/mol. The van der Waals surface area contributed by atoms with Gasteiger partial charge in [-0.3, -0.25) is 28.0 Å². The Labute approximate surface area is 364 Å². The summed E-state index contributed by atoms with van der Waals surface area (Å²) < 4.78 is 47.7. The van der Waals surface area contributed by atoms with Crippen LogP contribution in [0, 0.1) is 17.8 Å². The number of ether oxygens (including phenoxy) is 2. The van der Waals surface area contributed by atoms with Crippen molar-refractivity contribution in [2.45, 2.75) is 186 Å². The molecule has 0 aromatic heterocycles. The summed E-state index contributed by atoms with van der Waals surface area (Å²) in [5.74, 6) is -1.31. The summed E-state index contributed by atoms with van der Waals surface area (Å²) in [4.78, 5) is 65.4. The van der Waals surface area contributed by atoms with E-state index in [1.54, 1.807) is 12.2 Å². The van der Waals surface area contributed by atoms with Crippen LogP contribution in [-0.2, 0) is 46.6 Å². The van der Waals surface area contributed by atoms with Crippen LogP contribution >= 0.6 is 15.6 Å². The molecule has 0 amide bonds. The van der Waals surface area contributed by atoms with Crippen molar-refractivity contribution in [3.8, 4) is 0 Å². The van der Waals surface area contributed by atoms with Gasteiger partial charge in [0.25, 0.3) is 0 Å². The fourth-order valence-corrected chi connectivity index (χ4v) is 8.02. The molecule has 0 aliphatic heterocycles. The zero-order valence-electron chi connectivity index (χ0n) is 36.9. The minimum absolute atomic E-state index is 0.00611. The fraction of sp³-hybridized carbons (Fsp3) is 0.837. The van der Waals surface area contributed by atoms with Crippen molar-refractivity contribution in [3.05, 3.63) is 24.3 Å². The molecule has 0 saturated heterocycles. The van der Waals surface area contributed by atoms with Crippen LogP contribution in [-0.4, -0.2) is 98.6 Å². The van der Waals surface area contributed by atoms with E-state index >= 15 is 0 Å². The van der Waals surface area contributed by atoms with Crippen molar-refractivity contribution in [2.75, 3.05) is 26.4 Å². The van der Waals surface area contributed by atoms with Gasteiger partial charge in [-0.1, -0.05) is 135 Å². The molecule has 18 heteroatoms. The number of Topliss-reactive ketones (excluding diaryl/α,β-unsaturated/α-hetero) is 1. The molecule has 1 saturated carbocycles. The Bertz CT molecular complexity index is 1350. The number of allylic oxidation sites excluding steroid dienone is 3. The maximum Gasteiger partial charge on any atom is 0.472 e. The van der Waals surface area contributed by atoms with Crippen LogP contribution < -0.4 is 0 Å². The lowest BCUT2D eigenvalue weighted by Gasteiger charge is -2.20. The third-order valence-corrected chi connectivity index (χ3v) is 11.8. The van der Waals surface area contributed by atoms with E-state index in [1.807, 2.05) is 12.2 Å². The number of carbonyl (C=O) groups is 3. The van der Waals surface area contributed by atoms with Crippen molar-refractivity contribution in [2.24, 2.45) is 17.8 Å². The van der Waals surface area contributed by atoms with Gasteiger partial charge in [0.15, 0.2) is 6.10 Å². The summed E-state index contributed by atoms with van der Waals surface area (Å²) in [7, 11) is -9.76. The Morgan fingerprint density at radius 1 is 0.738 bits per heavy atom. The highest BCUT2D eigenvalue weighted by Crippen LogP contribution is 2.44. The van der Waals surface area contributed by atoms with Crippen molar-refractivity contribution in [1.29, 1.82) is 0 Å². The van der Waals surface area contributed by atoms with Crippen LogP contribution in [0.1, 0.15) is 162 Å². The maximum atomic E-state index is 12.7. The molecule has 356 valence electrons. The number of esters is 2. The number of ketones is 1. The van der Waals surface area contributed by atoms with Crippen LogP contribution in [0.15, 0.2) is 24.3 Å². The normalized spacial score (nSPS) is 19.8. The summed E-state index contributed by atoms with van der Waals surface area (Å²) >= 11 is 0. The van der Waals surface area contributed by atoms with E-state index in [4.69, 9.17) is 23.8 Å². The van der Waals surface area contributed by atoms with Crippen molar-refractivity contribution >= 4 is 33.4 Å². The number of rotatable bonds is 38. The lowest BCUT2D eigenvalue weighted by Crippen LogP contribution is -2.30. The van der Waals surface area contributed by atoms with E-state index < -0.39 is 84.3 Å². The SMILES string of the molecule is CCCCC[C@H](O)/C=C/[C@H]1C(=O)C[C@H](O)[C@@H]1C/C=C\CCCC(=O)OC[C@H](COP(=O)(O)OC[C@@H](O)COP(=O)(O)O)OC(=O)CCCCCCCCCCCCCC(C)C. The van der Waals surface area contributed by atoms with Gasteiger partial charge < -0.3 is 39.5 Å². The Morgan fingerprint density at radius 2 is 1.31 bits per heavy atom. The Hall–Kier alpha value is -1.81. The number of hydrogen-bond acceptors (Lipinski definition) is 13. The zero-order chi connectivity index (χ0) is 45.5. The second-order valence-electron chi connectivity index (χ2n) is 16.6. The first kappa shape index (κ1) is 57.2. The molecule has 0 radical (unpaired) electrons. The van der Waals surface area contributed by atoms with Crippen molar-refractivity contribution in [3.63, 3.8) is 0 Å². The van der Waals surface area contributed by atoms with Crippen LogP contribution in [0.2, 0.25) is 0 Å². The second-order valence-corrected chi connectivity index (χ2v) is 19.3. The van der Waals surface area contributed by atoms with E-state index in [-0.39, 0.29) is 31.0 Å². The lowest BCUT2D eigenvalue weighted by atomic mass is 9.90. The Balaban J connectivity index is 2.56. The number of phosphoric acid groups is 2. The number of hydrogen-bond donors (Lipinski definition) is 6. The van der Waals surface area contributed by atoms with Gasteiger partial charge in [-0.15, -0.1) is 0 Å². The molecule has 0 heterocycles. The van der Waals surface area contributed by atoms with Gasteiger partial charge in [-0.2, -0.15) is 0 Å². The first-order valence-electron chi connectivity index (χ1n) is 22.5. The highest BCUT2D eigenvalue weighted by molar-refractivity contribution is 7.47. The molecule has 1 unspecified atom stereocenters. The summed E-state index contributed by atoms with van der Waals surface area (Å²) in [5.41, 5.74) is 0. The molecule has 16 nitrogen and oxygen atoms in total. The maximum absolute atomic E-state index is 12.7. The molecule has 0 aromatic rings. The lowest BCUT2D eigenvalue weighted by molar-refractivity contribution is -0.161. The van der Waals surface area contributed by atoms with Gasteiger partial charge in [0, 0.05) is 31.1 Å². The minimum atomic E-state index is -4.89. The predicted octanol–water partition coefficient (Wildman–Crippen LogP) is 7.95. The van der Waals surface area contributed by atoms with E-state index in [9.17, 15) is 43.7 Å². The Morgan fingerprint density at radius 3 is 1.93 bits per heavy atom. The first-order valence-corrected chi connectivity index (χ1v) is 25.5. The van der Waals surface area contributed by atoms with E-state index in [0.717, 1.165) is 50.9 Å². The third kappa shape index (κ3) is 31.6. The minimum Gasteiger partial charge on any atom is -0.462 e. The number of aliphatic hydroxyl groups excluding tert-OH is 3. The standard InChI is InChI=1S/C43H78O16P2/c1-4-5-17-23-35(44)27-28-39-38(40(46)29-41(39)47)24-19-15-16-20-25-42(48)55-32-37(33-58-61(53,54)57-31-36(45)30-56-60(50,51)52)59-43(49)26-21-14-12-10-8-6-7-9-11-13-18-22-34(2)3/h15,19,27-28,34-40,44-46H,4-14,16-18,20-26,29-33H2,1-3H3,(H,53,54)(H2,50,51,52)/b19-15-,28-27+/t35-,36-,37+,38+,39+,40-/m0/s1. The van der Waals surface area contributed by atoms with Gasteiger partial charge in [0.2, 0.25) is 0 Å². The number of aliphatic hydroxyl groups is 3. The topological polar surface area (TPSA) is 253 Å². The molecule has 7 atom stereocenters. The molecule has 0 spiro atoms. The summed E-state index contributed by atoms with van der Waals surface area (Å²) in [6.45, 7) is 3.65. The van der Waals surface area contributed by atoms with Crippen LogP contribution in [0.3, 0.4) is 0 Å². The van der Waals surface area contributed by atoms with E-state index in [0.29, 0.717) is 32.1 Å². The first-order chi connectivity index (χ1) is 28.9. The molecular formula is C43H78O16P2. The zero-order valence-corrected chi connectivity index (χ0v) is 38.7. The second kappa shape index (κ2) is 33.7.